The van der Waals surface area contributed by atoms with Crippen LogP contribution in [-0.2, 0) is 4.79 Å². The van der Waals surface area contributed by atoms with E-state index in [0.717, 1.165) is 11.3 Å². The van der Waals surface area contributed by atoms with Gasteiger partial charge in [0.2, 0.25) is 0 Å². The van der Waals surface area contributed by atoms with Crippen molar-refractivity contribution in [2.75, 3.05) is 7.11 Å². The Bertz CT molecular complexity index is 355. The van der Waals surface area contributed by atoms with E-state index in [1.807, 2.05) is 12.1 Å². The van der Waals surface area contributed by atoms with E-state index in [4.69, 9.17) is 9.84 Å². The van der Waals surface area contributed by atoms with Crippen LogP contribution in [0, 0.1) is 0 Å². The molecule has 1 N–H and O–H groups in total. The molecule has 0 aliphatic rings. The molecular weight excluding hydrogens is 216 g/mol. The standard InChI is InChI=1S/C11H12O3.ClH/c1-8(11(12)13)7-9-3-5-10(14-2)6-4-9;/h3-7H,1-2H3,(H,12,13);1H. The van der Waals surface area contributed by atoms with E-state index in [1.54, 1.807) is 32.2 Å². The number of carbonyl (C=O) groups is 1. The molecule has 15 heavy (non-hydrogen) atoms. The zero-order valence-corrected chi connectivity index (χ0v) is 9.38. The van der Waals surface area contributed by atoms with Crippen LogP contribution < -0.4 is 4.74 Å². The first-order valence-electron chi connectivity index (χ1n) is 4.19. The first kappa shape index (κ1) is 13.5. The number of carboxylic acid groups (broad SMARTS) is 1. The van der Waals surface area contributed by atoms with Crippen molar-refractivity contribution in [1.29, 1.82) is 0 Å². The van der Waals surface area contributed by atoms with Crippen molar-refractivity contribution >= 4 is 24.5 Å². The second-order valence-electron chi connectivity index (χ2n) is 2.91. The molecule has 0 radical (unpaired) electrons. The zero-order valence-electron chi connectivity index (χ0n) is 8.56. The highest BCUT2D eigenvalue weighted by molar-refractivity contribution is 5.91. The van der Waals surface area contributed by atoms with Crippen LogP contribution in [0.3, 0.4) is 0 Å². The number of benzene rings is 1. The third-order valence-corrected chi connectivity index (χ3v) is 1.84. The quantitative estimate of drug-likeness (QED) is 0.809. The maximum absolute atomic E-state index is 10.5. The maximum Gasteiger partial charge on any atom is 0.331 e. The lowest BCUT2D eigenvalue weighted by Crippen LogP contribution is -1.95. The number of hydrogen-bond donors (Lipinski definition) is 1. The van der Waals surface area contributed by atoms with Gasteiger partial charge in [-0.05, 0) is 30.7 Å². The normalized spacial score (nSPS) is 10.4. The molecule has 0 aliphatic heterocycles. The number of methoxy groups -OCH3 is 1. The van der Waals surface area contributed by atoms with Gasteiger partial charge >= 0.3 is 5.97 Å². The minimum atomic E-state index is -0.902. The molecule has 0 spiro atoms. The predicted octanol–water partition coefficient (Wildman–Crippen LogP) is 2.60. The summed E-state index contributed by atoms with van der Waals surface area (Å²) in [6, 6.07) is 7.21. The van der Waals surface area contributed by atoms with Crippen molar-refractivity contribution in [2.45, 2.75) is 6.92 Å². The van der Waals surface area contributed by atoms with Crippen LogP contribution >= 0.6 is 12.4 Å². The first-order chi connectivity index (χ1) is 6.63. The lowest BCUT2D eigenvalue weighted by Gasteiger charge is -1.99. The topological polar surface area (TPSA) is 46.5 Å². The molecule has 0 saturated heterocycles. The largest absolute Gasteiger partial charge is 0.497 e. The van der Waals surface area contributed by atoms with E-state index in [2.05, 4.69) is 0 Å². The lowest BCUT2D eigenvalue weighted by molar-refractivity contribution is -0.132. The summed E-state index contributed by atoms with van der Waals surface area (Å²) in [4.78, 5) is 10.5. The monoisotopic (exact) mass is 228 g/mol. The van der Waals surface area contributed by atoms with Crippen LogP contribution in [0.1, 0.15) is 12.5 Å². The summed E-state index contributed by atoms with van der Waals surface area (Å²) in [5, 5.41) is 8.65. The summed E-state index contributed by atoms with van der Waals surface area (Å²) in [6.07, 6.45) is 1.61. The molecule has 0 aromatic heterocycles. The smallest absolute Gasteiger partial charge is 0.331 e. The van der Waals surface area contributed by atoms with Crippen LogP contribution in [0.25, 0.3) is 6.08 Å². The SMILES string of the molecule is COc1ccc(C=C(C)C(=O)O)cc1.Cl. The molecule has 1 aromatic carbocycles. The molecule has 3 nitrogen and oxygen atoms in total. The summed E-state index contributed by atoms with van der Waals surface area (Å²) < 4.78 is 4.98. The number of carboxylic acids is 1. The minimum Gasteiger partial charge on any atom is -0.497 e. The van der Waals surface area contributed by atoms with Gasteiger partial charge in [-0.15, -0.1) is 12.4 Å². The summed E-state index contributed by atoms with van der Waals surface area (Å²) >= 11 is 0. The molecule has 0 aliphatic carbocycles. The molecule has 0 amide bonds. The van der Waals surface area contributed by atoms with E-state index < -0.39 is 5.97 Å². The van der Waals surface area contributed by atoms with E-state index in [0.29, 0.717) is 5.57 Å². The van der Waals surface area contributed by atoms with Crippen LogP contribution in [0.4, 0.5) is 0 Å². The van der Waals surface area contributed by atoms with Gasteiger partial charge in [-0.1, -0.05) is 12.1 Å². The van der Waals surface area contributed by atoms with Gasteiger partial charge in [-0.3, -0.25) is 0 Å². The predicted molar refractivity (Wildman–Crippen MR) is 61.5 cm³/mol. The van der Waals surface area contributed by atoms with Gasteiger partial charge in [0.05, 0.1) is 7.11 Å². The highest BCUT2D eigenvalue weighted by atomic mass is 35.5. The summed E-state index contributed by atoms with van der Waals surface area (Å²) in [7, 11) is 1.59. The van der Waals surface area contributed by atoms with Gasteiger partial charge in [0, 0.05) is 5.57 Å². The van der Waals surface area contributed by atoms with Crippen LogP contribution in [0.5, 0.6) is 5.75 Å². The fourth-order valence-electron chi connectivity index (χ4n) is 1.01. The third kappa shape index (κ3) is 4.04. The van der Waals surface area contributed by atoms with Gasteiger partial charge in [0.15, 0.2) is 0 Å². The molecular formula is C11H13ClO3. The average Bonchev–Trinajstić information content (AvgIpc) is 2.19. The summed E-state index contributed by atoms with van der Waals surface area (Å²) in [6.45, 7) is 1.56. The van der Waals surface area contributed by atoms with Crippen LogP contribution in [0.15, 0.2) is 29.8 Å². The summed E-state index contributed by atoms with van der Waals surface area (Å²) in [5.74, 6) is -0.143. The second kappa shape index (κ2) is 6.09. The summed E-state index contributed by atoms with van der Waals surface area (Å²) in [5.41, 5.74) is 1.17. The van der Waals surface area contributed by atoms with Crippen molar-refractivity contribution in [3.05, 3.63) is 35.4 Å². The fraction of sp³-hybridized carbons (Fsp3) is 0.182. The van der Waals surface area contributed by atoms with E-state index in [1.165, 1.54) is 0 Å². The molecule has 0 fully saturated rings. The van der Waals surface area contributed by atoms with E-state index >= 15 is 0 Å². The molecule has 0 unspecified atom stereocenters. The molecule has 0 bridgehead atoms. The lowest BCUT2D eigenvalue weighted by atomic mass is 10.1. The number of aliphatic carboxylic acids is 1. The van der Waals surface area contributed by atoms with Gasteiger partial charge in [0.25, 0.3) is 0 Å². The molecule has 0 saturated carbocycles. The van der Waals surface area contributed by atoms with Crippen molar-refractivity contribution in [3.8, 4) is 5.75 Å². The van der Waals surface area contributed by atoms with E-state index in [-0.39, 0.29) is 12.4 Å². The van der Waals surface area contributed by atoms with Crippen molar-refractivity contribution in [1.82, 2.24) is 0 Å². The zero-order chi connectivity index (χ0) is 10.6. The molecule has 1 aromatic rings. The minimum absolute atomic E-state index is 0. The van der Waals surface area contributed by atoms with Gasteiger partial charge < -0.3 is 9.84 Å². The van der Waals surface area contributed by atoms with E-state index in [9.17, 15) is 4.79 Å². The highest BCUT2D eigenvalue weighted by Gasteiger charge is 1.99. The molecule has 1 rings (SSSR count). The Kier molecular flexibility index (Phi) is 5.49. The Hall–Kier alpha value is -1.48. The van der Waals surface area contributed by atoms with Crippen LogP contribution in [0.2, 0.25) is 0 Å². The second-order valence-corrected chi connectivity index (χ2v) is 2.91. The molecule has 82 valence electrons. The number of ether oxygens (including phenoxy) is 1. The fourth-order valence-corrected chi connectivity index (χ4v) is 1.01. The highest BCUT2D eigenvalue weighted by Crippen LogP contribution is 2.13. The van der Waals surface area contributed by atoms with Crippen molar-refractivity contribution in [3.63, 3.8) is 0 Å². The Morgan fingerprint density at radius 2 is 1.87 bits per heavy atom. The Balaban J connectivity index is 0.00000196. The van der Waals surface area contributed by atoms with Crippen molar-refractivity contribution < 1.29 is 14.6 Å². The molecule has 0 atom stereocenters. The maximum atomic E-state index is 10.5. The van der Waals surface area contributed by atoms with Crippen LogP contribution in [-0.4, -0.2) is 18.2 Å². The Labute approximate surface area is 94.8 Å². The van der Waals surface area contributed by atoms with Gasteiger partial charge in [-0.2, -0.15) is 0 Å². The molecule has 0 heterocycles. The Morgan fingerprint density at radius 3 is 2.27 bits per heavy atom. The number of rotatable bonds is 3. The Morgan fingerprint density at radius 1 is 1.33 bits per heavy atom. The number of hydrogen-bond acceptors (Lipinski definition) is 2. The number of halogens is 1. The van der Waals surface area contributed by atoms with Gasteiger partial charge in [-0.25, -0.2) is 4.79 Å². The van der Waals surface area contributed by atoms with Gasteiger partial charge in [0.1, 0.15) is 5.75 Å². The molecule has 4 heteroatoms. The third-order valence-electron chi connectivity index (χ3n) is 1.84. The van der Waals surface area contributed by atoms with Crippen molar-refractivity contribution in [2.24, 2.45) is 0 Å². The first-order valence-corrected chi connectivity index (χ1v) is 4.19. The average molecular weight is 229 g/mol.